The average molecular weight is 247 g/mol. The molecular formula is C15H21NO2. The Kier molecular flexibility index (Phi) is 9.23. The van der Waals surface area contributed by atoms with Crippen LogP contribution in [0.4, 0.5) is 5.69 Å². The van der Waals surface area contributed by atoms with Gasteiger partial charge in [0.05, 0.1) is 13.2 Å². The normalized spacial score (nSPS) is 8.78. The molecule has 0 aliphatic rings. The van der Waals surface area contributed by atoms with Crippen LogP contribution in [-0.2, 0) is 9.53 Å². The summed E-state index contributed by atoms with van der Waals surface area (Å²) in [5.74, 6) is -0.0319. The monoisotopic (exact) mass is 247 g/mol. The van der Waals surface area contributed by atoms with E-state index in [0.29, 0.717) is 13.2 Å². The van der Waals surface area contributed by atoms with Crippen LogP contribution in [0.1, 0.15) is 12.5 Å². The maximum Gasteiger partial charge on any atom is 0.221 e. The van der Waals surface area contributed by atoms with Gasteiger partial charge in [-0.25, -0.2) is 0 Å². The van der Waals surface area contributed by atoms with Gasteiger partial charge in [0, 0.05) is 12.6 Å². The minimum absolute atomic E-state index is 0.0319. The minimum atomic E-state index is -0.0319. The van der Waals surface area contributed by atoms with Crippen molar-refractivity contribution >= 4 is 11.6 Å². The lowest BCUT2D eigenvalue weighted by Crippen LogP contribution is -2.05. The van der Waals surface area contributed by atoms with Crippen molar-refractivity contribution in [2.24, 2.45) is 0 Å². The second-order valence-corrected chi connectivity index (χ2v) is 3.67. The third-order valence-corrected chi connectivity index (χ3v) is 1.81. The van der Waals surface area contributed by atoms with E-state index in [1.54, 1.807) is 12.2 Å². The zero-order chi connectivity index (χ0) is 13.8. The molecule has 0 aliphatic heterocycles. The molecule has 1 aromatic rings. The predicted octanol–water partition coefficient (Wildman–Crippen LogP) is 3.33. The molecular weight excluding hydrogens is 226 g/mol. The molecule has 1 aromatic carbocycles. The summed E-state index contributed by atoms with van der Waals surface area (Å²) in [6, 6.07) is 7.71. The number of carbonyl (C=O) groups is 1. The predicted molar refractivity (Wildman–Crippen MR) is 76.7 cm³/mol. The number of ether oxygens (including phenoxy) is 1. The molecule has 0 saturated carbocycles. The molecule has 0 fully saturated rings. The highest BCUT2D eigenvalue weighted by Gasteiger charge is 1.93. The Morgan fingerprint density at radius 3 is 2.39 bits per heavy atom. The van der Waals surface area contributed by atoms with E-state index in [1.807, 2.05) is 31.2 Å². The van der Waals surface area contributed by atoms with Gasteiger partial charge in [-0.05, 0) is 24.6 Å². The van der Waals surface area contributed by atoms with Gasteiger partial charge in [-0.2, -0.15) is 0 Å². The van der Waals surface area contributed by atoms with Crippen molar-refractivity contribution in [2.45, 2.75) is 13.8 Å². The quantitative estimate of drug-likeness (QED) is 0.640. The van der Waals surface area contributed by atoms with E-state index in [1.165, 1.54) is 6.92 Å². The van der Waals surface area contributed by atoms with Crippen LogP contribution in [0.25, 0.3) is 0 Å². The zero-order valence-electron chi connectivity index (χ0n) is 11.1. The molecule has 0 saturated heterocycles. The number of rotatable bonds is 5. The molecule has 0 spiro atoms. The fourth-order valence-corrected chi connectivity index (χ4v) is 1.16. The topological polar surface area (TPSA) is 38.3 Å². The lowest BCUT2D eigenvalue weighted by atomic mass is 10.2. The first-order valence-electron chi connectivity index (χ1n) is 5.74. The molecule has 18 heavy (non-hydrogen) atoms. The largest absolute Gasteiger partial charge is 0.373 e. The maximum absolute atomic E-state index is 10.6. The van der Waals surface area contributed by atoms with Crippen molar-refractivity contribution < 1.29 is 9.53 Å². The molecule has 3 nitrogen and oxygen atoms in total. The van der Waals surface area contributed by atoms with Gasteiger partial charge in [0.15, 0.2) is 0 Å². The molecule has 0 aromatic heterocycles. The summed E-state index contributed by atoms with van der Waals surface area (Å²) < 4.78 is 4.90. The first-order valence-corrected chi connectivity index (χ1v) is 5.74. The lowest BCUT2D eigenvalue weighted by molar-refractivity contribution is -0.114. The number of benzene rings is 1. The van der Waals surface area contributed by atoms with Gasteiger partial charge in [-0.1, -0.05) is 24.3 Å². The fourth-order valence-electron chi connectivity index (χ4n) is 1.16. The highest BCUT2D eigenvalue weighted by molar-refractivity contribution is 5.88. The molecule has 0 radical (unpaired) electrons. The molecule has 0 heterocycles. The summed E-state index contributed by atoms with van der Waals surface area (Å²) in [6.07, 6.45) is 3.42. The van der Waals surface area contributed by atoms with Crippen molar-refractivity contribution in [1.29, 1.82) is 0 Å². The summed E-state index contributed by atoms with van der Waals surface area (Å²) >= 11 is 0. The second-order valence-electron chi connectivity index (χ2n) is 3.67. The summed E-state index contributed by atoms with van der Waals surface area (Å²) in [5, 5.41) is 2.71. The van der Waals surface area contributed by atoms with Gasteiger partial charge in [0.2, 0.25) is 5.91 Å². The van der Waals surface area contributed by atoms with Crippen LogP contribution in [0.3, 0.4) is 0 Å². The highest BCUT2D eigenvalue weighted by Crippen LogP contribution is 2.08. The van der Waals surface area contributed by atoms with Crippen LogP contribution < -0.4 is 5.32 Å². The number of hydrogen-bond donors (Lipinski definition) is 1. The van der Waals surface area contributed by atoms with Crippen molar-refractivity contribution in [1.82, 2.24) is 0 Å². The summed E-state index contributed by atoms with van der Waals surface area (Å²) in [5.41, 5.74) is 2.01. The lowest BCUT2D eigenvalue weighted by Gasteiger charge is -2.01. The van der Waals surface area contributed by atoms with Crippen molar-refractivity contribution in [3.8, 4) is 0 Å². The third kappa shape index (κ3) is 9.36. The van der Waals surface area contributed by atoms with Crippen LogP contribution in [0.2, 0.25) is 0 Å². The first kappa shape index (κ1) is 16.1. The number of hydrogen-bond acceptors (Lipinski definition) is 2. The molecule has 0 atom stereocenters. The van der Waals surface area contributed by atoms with Crippen molar-refractivity contribution in [2.75, 3.05) is 18.5 Å². The van der Waals surface area contributed by atoms with Gasteiger partial charge >= 0.3 is 0 Å². The molecule has 0 bridgehead atoms. The van der Waals surface area contributed by atoms with E-state index in [0.717, 1.165) is 11.3 Å². The van der Waals surface area contributed by atoms with E-state index < -0.39 is 0 Å². The SMILES string of the molecule is C=CCOCC=C.CC(=O)Nc1cccc(C)c1. The Hall–Kier alpha value is -1.87. The Bertz CT molecular complexity index is 378. The van der Waals surface area contributed by atoms with Gasteiger partial charge in [-0.15, -0.1) is 13.2 Å². The Labute approximate surface area is 109 Å². The average Bonchev–Trinajstić information content (AvgIpc) is 2.30. The van der Waals surface area contributed by atoms with E-state index in [4.69, 9.17) is 4.74 Å². The smallest absolute Gasteiger partial charge is 0.221 e. The fraction of sp³-hybridized carbons (Fsp3) is 0.267. The Morgan fingerprint density at radius 2 is 1.94 bits per heavy atom. The van der Waals surface area contributed by atoms with Gasteiger partial charge in [0.25, 0.3) is 0 Å². The van der Waals surface area contributed by atoms with Crippen molar-refractivity contribution in [3.63, 3.8) is 0 Å². The summed E-state index contributed by atoms with van der Waals surface area (Å²) in [7, 11) is 0. The van der Waals surface area contributed by atoms with E-state index in [2.05, 4.69) is 18.5 Å². The van der Waals surface area contributed by atoms with Crippen LogP contribution in [0.15, 0.2) is 49.6 Å². The van der Waals surface area contributed by atoms with Crippen LogP contribution in [0.5, 0.6) is 0 Å². The van der Waals surface area contributed by atoms with Gasteiger partial charge in [-0.3, -0.25) is 4.79 Å². The third-order valence-electron chi connectivity index (χ3n) is 1.81. The number of amides is 1. The van der Waals surface area contributed by atoms with Gasteiger partial charge < -0.3 is 10.1 Å². The molecule has 1 amide bonds. The minimum Gasteiger partial charge on any atom is -0.373 e. The maximum atomic E-state index is 10.6. The van der Waals surface area contributed by atoms with Gasteiger partial charge in [0.1, 0.15) is 0 Å². The van der Waals surface area contributed by atoms with E-state index in [-0.39, 0.29) is 5.91 Å². The van der Waals surface area contributed by atoms with Crippen LogP contribution >= 0.6 is 0 Å². The van der Waals surface area contributed by atoms with E-state index in [9.17, 15) is 4.79 Å². The van der Waals surface area contributed by atoms with Crippen LogP contribution in [-0.4, -0.2) is 19.1 Å². The summed E-state index contributed by atoms with van der Waals surface area (Å²) in [4.78, 5) is 10.6. The highest BCUT2D eigenvalue weighted by atomic mass is 16.5. The second kappa shape index (κ2) is 10.3. The molecule has 0 unspecified atom stereocenters. The zero-order valence-corrected chi connectivity index (χ0v) is 11.1. The van der Waals surface area contributed by atoms with Crippen molar-refractivity contribution in [3.05, 3.63) is 55.1 Å². The molecule has 98 valence electrons. The summed E-state index contributed by atoms with van der Waals surface area (Å²) in [6.45, 7) is 11.7. The number of carbonyl (C=O) groups excluding carboxylic acids is 1. The molecule has 0 aliphatic carbocycles. The molecule has 1 N–H and O–H groups in total. The Balaban J connectivity index is 0.000000360. The standard InChI is InChI=1S/C9H11NO.C6H10O/c1-7-4-3-5-9(6-7)10-8(2)11;1-3-5-7-6-4-2/h3-6H,1-2H3,(H,10,11);3-4H,1-2,5-6H2. The molecule has 3 heteroatoms. The van der Waals surface area contributed by atoms with E-state index >= 15 is 0 Å². The molecule has 1 rings (SSSR count). The first-order chi connectivity index (χ1) is 8.60. The number of anilines is 1. The Morgan fingerprint density at radius 1 is 1.33 bits per heavy atom. The van der Waals surface area contributed by atoms with Crippen LogP contribution in [0, 0.1) is 6.92 Å². The number of aryl methyl sites for hydroxylation is 1. The number of nitrogens with one attached hydrogen (secondary N) is 1.